The molecule has 258 valence electrons. The fraction of sp³-hybridized carbons (Fsp3) is 0.595. The van der Waals surface area contributed by atoms with Gasteiger partial charge in [0.2, 0.25) is 10.0 Å². The van der Waals surface area contributed by atoms with Gasteiger partial charge >= 0.3 is 0 Å². The van der Waals surface area contributed by atoms with E-state index < -0.39 is 26.3 Å². The normalized spacial score (nSPS) is 35.6. The average Bonchev–Trinajstić information content (AvgIpc) is 3.74. The zero-order chi connectivity index (χ0) is 33.1. The molecule has 0 aromatic heterocycles. The Hall–Kier alpha value is -2.63. The van der Waals surface area contributed by atoms with E-state index in [2.05, 4.69) is 26.7 Å². The van der Waals surface area contributed by atoms with Crippen molar-refractivity contribution in [3.05, 3.63) is 70.3 Å². The molecule has 8 rings (SSSR count). The Morgan fingerprint density at radius 1 is 1.04 bits per heavy atom. The van der Waals surface area contributed by atoms with Crippen molar-refractivity contribution in [3.8, 4) is 5.75 Å². The van der Waals surface area contributed by atoms with Crippen LogP contribution in [-0.2, 0) is 32.5 Å². The second-order valence-electron chi connectivity index (χ2n) is 15.0. The molecule has 2 aromatic carbocycles. The van der Waals surface area contributed by atoms with Crippen molar-refractivity contribution in [2.24, 2.45) is 17.8 Å². The molecule has 6 atom stereocenters. The average molecular weight is 696 g/mol. The quantitative estimate of drug-likeness (QED) is 0.369. The van der Waals surface area contributed by atoms with Gasteiger partial charge in [0.15, 0.2) is 0 Å². The fourth-order valence-corrected chi connectivity index (χ4v) is 10.5. The summed E-state index contributed by atoms with van der Waals surface area (Å²) in [6.07, 6.45) is 10.6. The van der Waals surface area contributed by atoms with E-state index in [1.165, 1.54) is 5.56 Å². The van der Waals surface area contributed by atoms with Crippen LogP contribution < -0.4 is 14.4 Å². The van der Waals surface area contributed by atoms with Crippen molar-refractivity contribution in [1.29, 1.82) is 0 Å². The maximum Gasteiger partial charge on any atom is 0.264 e. The van der Waals surface area contributed by atoms with Gasteiger partial charge in [-0.25, -0.2) is 13.1 Å². The van der Waals surface area contributed by atoms with Crippen molar-refractivity contribution in [2.75, 3.05) is 50.9 Å². The largest absolute Gasteiger partial charge is 0.487 e. The van der Waals surface area contributed by atoms with Crippen molar-refractivity contribution in [2.45, 2.75) is 74.9 Å². The summed E-state index contributed by atoms with van der Waals surface area (Å²) in [7, 11) is -3.91. The molecule has 4 aliphatic heterocycles. The number of hydrogen-bond acceptors (Lipinski definition) is 8. The summed E-state index contributed by atoms with van der Waals surface area (Å²) in [4.78, 5) is 18.5. The lowest BCUT2D eigenvalue weighted by atomic mass is 9.63. The predicted molar refractivity (Wildman–Crippen MR) is 185 cm³/mol. The van der Waals surface area contributed by atoms with Gasteiger partial charge in [-0.2, -0.15) is 0 Å². The molecule has 0 unspecified atom stereocenters. The summed E-state index contributed by atoms with van der Waals surface area (Å²) in [6, 6.07) is 11.6. The van der Waals surface area contributed by atoms with Gasteiger partial charge in [-0.3, -0.25) is 9.69 Å². The Bertz CT molecular complexity index is 1720. The van der Waals surface area contributed by atoms with Gasteiger partial charge in [-0.05, 0) is 111 Å². The number of hydrogen-bond donors (Lipinski definition) is 1. The lowest BCUT2D eigenvalue weighted by Crippen LogP contribution is -2.65. The third-order valence-corrected chi connectivity index (χ3v) is 14.5. The zero-order valence-corrected chi connectivity index (χ0v) is 29.2. The summed E-state index contributed by atoms with van der Waals surface area (Å²) in [5.74, 6) is 0.731. The van der Waals surface area contributed by atoms with E-state index in [1.54, 1.807) is 13.0 Å². The number of benzene rings is 2. The van der Waals surface area contributed by atoms with Gasteiger partial charge in [-0.1, -0.05) is 29.8 Å². The number of sulfonamides is 1. The molecule has 48 heavy (non-hydrogen) atoms. The standard InChI is InChI=1S/C37H46ClN3O6S/c1-36-19-29(36)6-4-13-37(24-41-15-16-45-22-31(41)23-47-37)32-11-8-27(32)20-40-14-3-2-5-25-17-30(38)10-7-28(25)21-46-34-12-9-26(18-33(34)40)35(42)39-48(36,43)44/h4,7,9-10,12-13,17-18,27,29,31-32H,2-3,5-6,8,11,14-16,19-24H2,1H3,(H,39,42)/b13-4+/t27-,29+,31-,32+,36+,37+/m0/s1. The minimum Gasteiger partial charge on any atom is -0.487 e. The molecule has 2 aliphatic carbocycles. The maximum atomic E-state index is 13.6. The number of aryl methyl sites for hydroxylation is 1. The van der Waals surface area contributed by atoms with E-state index in [0.717, 1.165) is 81.2 Å². The number of ether oxygens (including phenoxy) is 3. The number of nitrogens with one attached hydrogen (secondary N) is 1. The van der Waals surface area contributed by atoms with Crippen LogP contribution in [0, 0.1) is 17.8 Å². The SMILES string of the molecule is C[C@@]12C[C@H]1C/C=C/[C@@]1(CN3CCOC[C@H]3CO1)[C@@H]1CC[C@H]1CN1CCCCc3cc(Cl)ccc3COc3ccc(cc31)C(=O)NS2(=O)=O. The Morgan fingerprint density at radius 3 is 2.79 bits per heavy atom. The van der Waals surface area contributed by atoms with E-state index in [-0.39, 0.29) is 12.0 Å². The number of morpholine rings is 2. The molecule has 1 N–H and O–H groups in total. The lowest BCUT2D eigenvalue weighted by Gasteiger charge is -2.56. The summed E-state index contributed by atoms with van der Waals surface area (Å²) in [5, 5.41) is 0.721. The van der Waals surface area contributed by atoms with E-state index in [9.17, 15) is 13.2 Å². The van der Waals surface area contributed by atoms with Crippen LogP contribution in [0.15, 0.2) is 48.6 Å². The molecule has 4 heterocycles. The Morgan fingerprint density at radius 2 is 1.94 bits per heavy atom. The first-order chi connectivity index (χ1) is 23.1. The number of amides is 1. The van der Waals surface area contributed by atoms with E-state index in [4.69, 9.17) is 25.8 Å². The number of halogens is 1. The molecular formula is C37H46ClN3O6S. The van der Waals surface area contributed by atoms with Gasteiger partial charge in [0.1, 0.15) is 18.0 Å². The number of carbonyl (C=O) groups is 1. The van der Waals surface area contributed by atoms with Crippen LogP contribution in [0.4, 0.5) is 5.69 Å². The number of allylic oxidation sites excluding steroid dienone is 1. The highest BCUT2D eigenvalue weighted by atomic mass is 35.5. The molecule has 2 saturated heterocycles. The van der Waals surface area contributed by atoms with Crippen molar-refractivity contribution < 1.29 is 27.4 Å². The lowest BCUT2D eigenvalue weighted by molar-refractivity contribution is -0.186. The van der Waals surface area contributed by atoms with Crippen LogP contribution in [0.1, 0.15) is 66.9 Å². The van der Waals surface area contributed by atoms with Crippen molar-refractivity contribution >= 4 is 33.2 Å². The molecule has 1 spiro atoms. The molecule has 0 radical (unpaired) electrons. The molecule has 2 saturated carbocycles. The fourth-order valence-electron chi connectivity index (χ4n) is 8.73. The number of nitrogens with zero attached hydrogens (tertiary/aromatic N) is 2. The third-order valence-electron chi connectivity index (χ3n) is 12.1. The number of fused-ring (bicyclic) bond motifs is 6. The number of rotatable bonds is 0. The van der Waals surface area contributed by atoms with Crippen LogP contribution in [0.25, 0.3) is 0 Å². The smallest absolute Gasteiger partial charge is 0.264 e. The van der Waals surface area contributed by atoms with Crippen LogP contribution >= 0.6 is 11.6 Å². The first kappa shape index (κ1) is 32.6. The minimum atomic E-state index is -3.91. The molecule has 9 nitrogen and oxygen atoms in total. The highest BCUT2D eigenvalue weighted by molar-refractivity contribution is 7.91. The van der Waals surface area contributed by atoms with Gasteiger partial charge in [-0.15, -0.1) is 0 Å². The minimum absolute atomic E-state index is 0.0602. The molecular weight excluding hydrogens is 650 g/mol. The van der Waals surface area contributed by atoms with Crippen LogP contribution in [0.5, 0.6) is 5.75 Å². The topological polar surface area (TPSA) is 97.4 Å². The Kier molecular flexibility index (Phi) is 8.55. The predicted octanol–water partition coefficient (Wildman–Crippen LogP) is 5.36. The molecule has 1 amide bonds. The second-order valence-corrected chi connectivity index (χ2v) is 17.6. The van der Waals surface area contributed by atoms with Crippen molar-refractivity contribution in [1.82, 2.24) is 9.62 Å². The highest BCUT2D eigenvalue weighted by Gasteiger charge is 2.60. The molecule has 2 aromatic rings. The van der Waals surface area contributed by atoms with Crippen LogP contribution in [-0.4, -0.2) is 81.6 Å². The summed E-state index contributed by atoms with van der Waals surface area (Å²) in [6.45, 7) is 7.49. The maximum absolute atomic E-state index is 13.6. The molecule has 6 aliphatic rings. The summed E-state index contributed by atoms with van der Waals surface area (Å²) < 4.78 is 47.9. The summed E-state index contributed by atoms with van der Waals surface area (Å²) in [5.41, 5.74) is 2.99. The first-order valence-corrected chi connectivity index (χ1v) is 19.5. The monoisotopic (exact) mass is 695 g/mol. The van der Waals surface area contributed by atoms with Gasteiger partial charge in [0, 0.05) is 36.8 Å². The second kappa shape index (κ2) is 12.6. The van der Waals surface area contributed by atoms with Gasteiger partial charge in [0.05, 0.1) is 36.3 Å². The zero-order valence-electron chi connectivity index (χ0n) is 27.7. The van der Waals surface area contributed by atoms with Crippen molar-refractivity contribution in [3.63, 3.8) is 0 Å². The van der Waals surface area contributed by atoms with Crippen LogP contribution in [0.2, 0.25) is 5.02 Å². The molecule has 11 heteroatoms. The van der Waals surface area contributed by atoms with E-state index >= 15 is 0 Å². The van der Waals surface area contributed by atoms with E-state index in [1.807, 2.05) is 30.3 Å². The summed E-state index contributed by atoms with van der Waals surface area (Å²) >= 11 is 6.38. The van der Waals surface area contributed by atoms with E-state index in [0.29, 0.717) is 55.8 Å². The number of anilines is 1. The Balaban J connectivity index is 1.18. The Labute approximate surface area is 289 Å². The highest BCUT2D eigenvalue weighted by Crippen LogP contribution is 2.53. The van der Waals surface area contributed by atoms with Gasteiger partial charge < -0.3 is 19.1 Å². The molecule has 2 bridgehead atoms. The third kappa shape index (κ3) is 5.95. The van der Waals surface area contributed by atoms with Gasteiger partial charge in [0.25, 0.3) is 5.91 Å². The van der Waals surface area contributed by atoms with Crippen LogP contribution in [0.3, 0.4) is 0 Å². The first-order valence-electron chi connectivity index (χ1n) is 17.6. The number of carbonyl (C=O) groups excluding carboxylic acids is 1. The molecule has 4 fully saturated rings.